The predicted octanol–water partition coefficient (Wildman–Crippen LogP) is 12.6. The fourth-order valence-electron chi connectivity index (χ4n) is 4.01. The molecule has 0 heterocycles. The molecule has 1 aromatic carbocycles. The molecule has 1 aromatic rings. The second kappa shape index (κ2) is 34.6. The van der Waals surface area contributed by atoms with Gasteiger partial charge in [-0.2, -0.15) is 10.2 Å². The molecule has 0 aliphatic heterocycles. The minimum absolute atomic E-state index is 0.00850. The van der Waals surface area contributed by atoms with Crippen LogP contribution in [0.5, 0.6) is 0 Å². The van der Waals surface area contributed by atoms with E-state index in [2.05, 4.69) is 80.3 Å². The summed E-state index contributed by atoms with van der Waals surface area (Å²) < 4.78 is 0. The van der Waals surface area contributed by atoms with Crippen LogP contribution in [-0.4, -0.2) is 26.1 Å². The van der Waals surface area contributed by atoms with Crippen LogP contribution < -0.4 is 5.73 Å². The zero-order chi connectivity index (χ0) is 36.5. The smallest absolute Gasteiger partial charge is 0.159 e. The highest BCUT2D eigenvalue weighted by atomic mass is 16.1. The molecule has 1 unspecified atom stereocenters. The van der Waals surface area contributed by atoms with Gasteiger partial charge in [0.15, 0.2) is 5.78 Å². The number of azo groups is 1. The van der Waals surface area contributed by atoms with Crippen molar-refractivity contribution in [3.05, 3.63) is 82.8 Å². The molecular formula is C41H72N4O. The maximum Gasteiger partial charge on any atom is 0.159 e. The average molecular weight is 637 g/mol. The number of hydrogen-bond donors (Lipinski definition) is 1. The first kappa shape index (κ1) is 49.6. The summed E-state index contributed by atoms with van der Waals surface area (Å²) >= 11 is 0. The lowest BCUT2D eigenvalue weighted by molar-refractivity contribution is -0.113. The van der Waals surface area contributed by atoms with Crippen LogP contribution in [0, 0.1) is 18.8 Å². The van der Waals surface area contributed by atoms with E-state index in [-0.39, 0.29) is 11.8 Å². The fourth-order valence-corrected chi connectivity index (χ4v) is 4.01. The molecule has 1 aliphatic carbocycles. The van der Waals surface area contributed by atoms with Crippen molar-refractivity contribution in [3.63, 3.8) is 0 Å². The van der Waals surface area contributed by atoms with E-state index in [4.69, 9.17) is 5.73 Å². The molecule has 0 amide bonds. The van der Waals surface area contributed by atoms with Gasteiger partial charge in [0.2, 0.25) is 0 Å². The van der Waals surface area contributed by atoms with E-state index in [0.29, 0.717) is 5.57 Å². The Morgan fingerprint density at radius 1 is 1.07 bits per heavy atom. The van der Waals surface area contributed by atoms with Crippen molar-refractivity contribution < 1.29 is 4.79 Å². The molecule has 0 spiro atoms. The van der Waals surface area contributed by atoms with Gasteiger partial charge in [0, 0.05) is 37.7 Å². The Bertz CT molecular complexity index is 1090. The summed E-state index contributed by atoms with van der Waals surface area (Å²) in [6, 6.07) is 6.28. The predicted molar refractivity (Wildman–Crippen MR) is 209 cm³/mol. The second-order valence-corrected chi connectivity index (χ2v) is 11.1. The number of hydrogen-bond acceptors (Lipinski definition) is 5. The van der Waals surface area contributed by atoms with Gasteiger partial charge in [-0.3, -0.25) is 9.79 Å². The summed E-state index contributed by atoms with van der Waals surface area (Å²) in [4.78, 5) is 16.1. The molecule has 0 aromatic heterocycles. The molecule has 5 nitrogen and oxygen atoms in total. The Balaban J connectivity index is -0.000000356. The van der Waals surface area contributed by atoms with E-state index in [0.717, 1.165) is 39.7 Å². The second-order valence-electron chi connectivity index (χ2n) is 11.1. The van der Waals surface area contributed by atoms with E-state index >= 15 is 0 Å². The molecule has 46 heavy (non-hydrogen) atoms. The summed E-state index contributed by atoms with van der Waals surface area (Å²) in [6.45, 7) is 29.8. The quantitative estimate of drug-likeness (QED) is 0.101. The molecule has 2 rings (SSSR count). The van der Waals surface area contributed by atoms with Crippen molar-refractivity contribution in [1.82, 2.24) is 0 Å². The summed E-state index contributed by atoms with van der Waals surface area (Å²) in [5.74, 6) is 1.96. The molecule has 0 saturated heterocycles. The van der Waals surface area contributed by atoms with Crippen molar-refractivity contribution in [1.29, 1.82) is 0 Å². The molecule has 1 fully saturated rings. The summed E-state index contributed by atoms with van der Waals surface area (Å²) in [6.07, 6.45) is 17.5. The third-order valence-corrected chi connectivity index (χ3v) is 6.96. The van der Waals surface area contributed by atoms with Crippen molar-refractivity contribution >= 4 is 17.6 Å². The topological polar surface area (TPSA) is 80.2 Å². The molecule has 5 heteroatoms. The third-order valence-electron chi connectivity index (χ3n) is 6.96. The van der Waals surface area contributed by atoms with E-state index < -0.39 is 0 Å². The molecule has 1 atom stereocenters. The number of rotatable bonds is 8. The largest absolute Gasteiger partial charge is 0.398 e. The lowest BCUT2D eigenvalue weighted by atomic mass is 9.91. The lowest BCUT2D eigenvalue weighted by Crippen LogP contribution is -1.99. The number of nitrogens with zero attached hydrogens (tertiary/aromatic N) is 3. The maximum atomic E-state index is 11.9. The Kier molecular flexibility index (Phi) is 37.3. The minimum atomic E-state index is -0.00850. The van der Waals surface area contributed by atoms with Crippen LogP contribution in [0.25, 0.3) is 5.57 Å². The minimum Gasteiger partial charge on any atom is -0.398 e. The van der Waals surface area contributed by atoms with Crippen LogP contribution in [0.15, 0.2) is 81.3 Å². The molecule has 2 N–H and O–H groups in total. The highest BCUT2D eigenvalue weighted by Crippen LogP contribution is 2.27. The van der Waals surface area contributed by atoms with Gasteiger partial charge in [-0.25, -0.2) is 0 Å². The Hall–Kier alpha value is -3.30. The van der Waals surface area contributed by atoms with E-state index in [1.807, 2.05) is 72.9 Å². The monoisotopic (exact) mass is 637 g/mol. The van der Waals surface area contributed by atoms with E-state index in [1.54, 1.807) is 21.0 Å². The van der Waals surface area contributed by atoms with Crippen LogP contribution in [0.1, 0.15) is 144 Å². The van der Waals surface area contributed by atoms with Crippen LogP contribution >= 0.6 is 0 Å². The Labute approximate surface area is 286 Å². The van der Waals surface area contributed by atoms with Gasteiger partial charge in [0.05, 0.1) is 6.04 Å². The third kappa shape index (κ3) is 26.0. The van der Waals surface area contributed by atoms with Crippen LogP contribution in [0.2, 0.25) is 0 Å². The van der Waals surface area contributed by atoms with Gasteiger partial charge in [0.25, 0.3) is 0 Å². The first-order valence-corrected chi connectivity index (χ1v) is 17.4. The van der Waals surface area contributed by atoms with Crippen LogP contribution in [0.4, 0.5) is 0 Å². The van der Waals surface area contributed by atoms with Crippen molar-refractivity contribution in [3.8, 4) is 0 Å². The van der Waals surface area contributed by atoms with Gasteiger partial charge in [-0.15, -0.1) is 5.73 Å². The standard InChI is InChI=1S/C22H29N3O.C7H14.C5H12.C3H5N.2C2H6/c1-8-9-20(18(5)26)12-16(3)22(14-23-6)21-13-19(11-10-15(21)2)17(4)25-24-7;1-7-5-3-2-4-6-7;1-4-5(2)3;1-2-3-4;2*1-2/h8-14,17H,1-7H3;7H,2-6H2,1H3;5H,4H2,1-3H3;3H,1,4H2;2*1-2H3/b9-8-,20-12+,22-16-,23-14?,25-24?;;;;;. The summed E-state index contributed by atoms with van der Waals surface area (Å²) in [5.41, 5.74) is 13.0. The first-order chi connectivity index (χ1) is 21.9. The van der Waals surface area contributed by atoms with Crippen LogP contribution in [0.3, 0.4) is 0 Å². The molecule has 1 aliphatic rings. The highest BCUT2D eigenvalue weighted by Gasteiger charge is 2.12. The van der Waals surface area contributed by atoms with E-state index in [1.165, 1.54) is 44.7 Å². The zero-order valence-corrected chi connectivity index (χ0v) is 32.6. The van der Waals surface area contributed by atoms with Gasteiger partial charge in [0.1, 0.15) is 0 Å². The fraction of sp³-hybridized carbons (Fsp3) is 0.585. The van der Waals surface area contributed by atoms with Crippen molar-refractivity contribution in [2.75, 3.05) is 14.1 Å². The normalized spacial score (nSPS) is 14.0. The number of carbonyl (C=O) groups is 1. The number of Topliss-reactive ketones (excluding diaryl/α,β-unsaturated/α-hetero) is 1. The number of ketones is 1. The SMILES string of the molecule is C=C=CN.CC.CC.CC1CCCCC1.CCC(C)C.C\C=C/C(=C\C(C)=C(\C=NC)c1cc(C(C)N=NC)ccc1C)C(C)=O. The number of aryl methyl sites for hydroxylation is 1. The zero-order valence-electron chi connectivity index (χ0n) is 32.6. The van der Waals surface area contributed by atoms with Crippen molar-refractivity contribution in [2.24, 2.45) is 32.8 Å². The Morgan fingerprint density at radius 3 is 1.93 bits per heavy atom. The molecular weight excluding hydrogens is 564 g/mol. The summed E-state index contributed by atoms with van der Waals surface area (Å²) in [7, 11) is 3.43. The molecule has 0 radical (unpaired) electrons. The van der Waals surface area contributed by atoms with Crippen LogP contribution in [-0.2, 0) is 4.79 Å². The molecule has 1 saturated carbocycles. The van der Waals surface area contributed by atoms with Crippen molar-refractivity contribution in [2.45, 2.75) is 135 Å². The number of nitrogens with two attached hydrogens (primary N) is 1. The summed E-state index contributed by atoms with van der Waals surface area (Å²) in [5, 5.41) is 8.11. The average Bonchev–Trinajstić information content (AvgIpc) is 3.06. The molecule has 0 bridgehead atoms. The maximum absolute atomic E-state index is 11.9. The van der Waals surface area contributed by atoms with Gasteiger partial charge in [-0.1, -0.05) is 125 Å². The number of benzene rings is 1. The molecule has 262 valence electrons. The van der Waals surface area contributed by atoms with Gasteiger partial charge < -0.3 is 5.73 Å². The number of carbonyl (C=O) groups excluding carboxylic acids is 1. The van der Waals surface area contributed by atoms with Gasteiger partial charge >= 0.3 is 0 Å². The van der Waals surface area contributed by atoms with Gasteiger partial charge in [-0.05, 0) is 80.9 Å². The lowest BCUT2D eigenvalue weighted by Gasteiger charge is -2.15. The Morgan fingerprint density at radius 2 is 1.59 bits per heavy atom. The highest BCUT2D eigenvalue weighted by molar-refractivity contribution is 6.12. The van der Waals surface area contributed by atoms with E-state index in [9.17, 15) is 4.79 Å². The number of allylic oxidation sites excluding steroid dienone is 6. The first-order valence-electron chi connectivity index (χ1n) is 17.4. The number of aliphatic imine (C=N–C) groups is 1.